The van der Waals surface area contributed by atoms with Crippen LogP contribution in [0.4, 0.5) is 22.7 Å². The first-order valence-electron chi connectivity index (χ1n) is 19.0. The summed E-state index contributed by atoms with van der Waals surface area (Å²) in [4.78, 5) is 80.1. The summed E-state index contributed by atoms with van der Waals surface area (Å²) in [6.07, 6.45) is 2.20. The fourth-order valence-corrected chi connectivity index (χ4v) is 9.51. The smallest absolute Gasteiger partial charge is 0.262 e. The molecular weight excluding hydrogens is 720 g/mol. The van der Waals surface area contributed by atoms with Gasteiger partial charge in [0.2, 0.25) is 17.5 Å². The number of hydrogen-bond acceptors (Lipinski definition) is 9. The van der Waals surface area contributed by atoms with E-state index in [1.807, 2.05) is 41.3 Å². The van der Waals surface area contributed by atoms with Crippen molar-refractivity contribution in [3.05, 3.63) is 93.8 Å². The van der Waals surface area contributed by atoms with Gasteiger partial charge >= 0.3 is 0 Å². The Kier molecular flexibility index (Phi) is 8.78. The molecule has 0 aliphatic carbocycles. The Labute approximate surface area is 324 Å². The second kappa shape index (κ2) is 13.7. The summed E-state index contributed by atoms with van der Waals surface area (Å²) in [7, 11) is 0. The molecule has 0 saturated carbocycles. The Morgan fingerprint density at radius 1 is 0.782 bits per heavy atom. The average molecular weight is 761 g/mol. The third-order valence-corrected chi connectivity index (χ3v) is 12.8. The normalized spacial score (nSPS) is 24.4. The zero-order chi connectivity index (χ0) is 38.0. The van der Waals surface area contributed by atoms with Crippen LogP contribution in [0.3, 0.4) is 0 Å². The number of carbonyl (C=O) groups is 5. The number of carbonyl (C=O) groups excluding carboxylic acids is 5. The molecule has 2 unspecified atom stereocenters. The van der Waals surface area contributed by atoms with E-state index in [9.17, 15) is 24.0 Å². The lowest BCUT2D eigenvalue weighted by atomic mass is 9.86. The minimum Gasteiger partial charge on any atom is -0.371 e. The van der Waals surface area contributed by atoms with Crippen LogP contribution in [0.1, 0.15) is 56.8 Å². The quantitative estimate of drug-likeness (QED) is 0.293. The van der Waals surface area contributed by atoms with Crippen molar-refractivity contribution in [3.63, 3.8) is 0 Å². The molecule has 282 valence electrons. The summed E-state index contributed by atoms with van der Waals surface area (Å²) in [6, 6.07) is 18.3. The maximum absolute atomic E-state index is 13.8. The van der Waals surface area contributed by atoms with E-state index in [1.165, 1.54) is 0 Å². The van der Waals surface area contributed by atoms with Crippen molar-refractivity contribution >= 4 is 63.9 Å². The SMILES string of the molecule is [C-]#[N+]c1ccc(N2CCC3(CCN(C(=O)c4cccc(N5CCN(C6CN(c7ccc8c(c7)C(=O)N(C7CCC(=O)NC7=O)C8=O)C6)CC5)c4)C3)C2)cc1Cl. The van der Waals surface area contributed by atoms with Gasteiger partial charge in [0.15, 0.2) is 0 Å². The summed E-state index contributed by atoms with van der Waals surface area (Å²) in [5, 5.41) is 2.71. The number of anilines is 3. The number of hydrogen-bond donors (Lipinski definition) is 1. The highest BCUT2D eigenvalue weighted by atomic mass is 35.5. The van der Waals surface area contributed by atoms with Gasteiger partial charge in [0.1, 0.15) is 6.04 Å². The fraction of sp³-hybridized carbons (Fsp3) is 0.415. The van der Waals surface area contributed by atoms with Crippen molar-refractivity contribution < 1.29 is 24.0 Å². The predicted octanol–water partition coefficient (Wildman–Crippen LogP) is 4.05. The Hall–Kier alpha value is -5.45. The molecule has 0 radical (unpaired) electrons. The molecule has 9 rings (SSSR count). The van der Waals surface area contributed by atoms with Crippen molar-refractivity contribution in [3.8, 4) is 0 Å². The van der Waals surface area contributed by atoms with Gasteiger partial charge in [-0.05, 0) is 67.8 Å². The van der Waals surface area contributed by atoms with Crippen LogP contribution in [0.15, 0.2) is 60.7 Å². The molecule has 6 aliphatic heterocycles. The summed E-state index contributed by atoms with van der Waals surface area (Å²) < 4.78 is 0. The number of piperidine rings is 1. The van der Waals surface area contributed by atoms with Crippen LogP contribution in [0.25, 0.3) is 4.85 Å². The summed E-state index contributed by atoms with van der Waals surface area (Å²) in [5.74, 6) is -1.92. The number of nitrogens with one attached hydrogen (secondary N) is 1. The lowest BCUT2D eigenvalue weighted by molar-refractivity contribution is -0.136. The number of fused-ring (bicyclic) bond motifs is 1. The molecule has 6 aliphatic rings. The number of rotatable bonds is 6. The monoisotopic (exact) mass is 760 g/mol. The Balaban J connectivity index is 0.770. The third-order valence-electron chi connectivity index (χ3n) is 12.5. The molecule has 0 aromatic heterocycles. The number of benzene rings is 3. The van der Waals surface area contributed by atoms with Crippen LogP contribution in [0.5, 0.6) is 0 Å². The van der Waals surface area contributed by atoms with Crippen LogP contribution >= 0.6 is 11.6 Å². The van der Waals surface area contributed by atoms with Crippen LogP contribution in [0.2, 0.25) is 5.02 Å². The van der Waals surface area contributed by atoms with Crippen LogP contribution in [-0.4, -0.2) is 122 Å². The molecule has 5 fully saturated rings. The van der Waals surface area contributed by atoms with Gasteiger partial charge in [-0.2, -0.15) is 0 Å². The van der Waals surface area contributed by atoms with Gasteiger partial charge in [-0.25, -0.2) is 4.85 Å². The van der Waals surface area contributed by atoms with E-state index in [0.717, 1.165) is 106 Å². The van der Waals surface area contributed by atoms with Gasteiger partial charge in [0.25, 0.3) is 17.7 Å². The van der Waals surface area contributed by atoms with E-state index in [0.29, 0.717) is 22.3 Å². The standard InChI is InChI=1S/C41H41ClN8O5/c1-43-34-8-6-29(21-33(34)42)47-13-11-41(24-47)12-14-48(25-41)38(53)26-3-2-4-27(19-26)45-15-17-46(18-16-45)30-22-49(23-30)28-5-7-31-32(20-28)40(55)50(39(31)54)35-9-10-36(51)44-37(35)52/h2-8,19-21,30,35H,9-18,22-25H2,(H,44,51,52). The maximum Gasteiger partial charge on any atom is 0.262 e. The van der Waals surface area contributed by atoms with E-state index in [1.54, 1.807) is 18.2 Å². The van der Waals surface area contributed by atoms with Crippen LogP contribution in [0, 0.1) is 12.0 Å². The number of piperazine rings is 1. The maximum atomic E-state index is 13.8. The zero-order valence-electron chi connectivity index (χ0n) is 30.4. The molecule has 5 saturated heterocycles. The molecule has 6 heterocycles. The summed E-state index contributed by atoms with van der Waals surface area (Å²) in [5.41, 5.74) is 4.78. The van der Waals surface area contributed by atoms with Gasteiger partial charge in [-0.3, -0.25) is 39.1 Å². The predicted molar refractivity (Wildman–Crippen MR) is 207 cm³/mol. The minimum absolute atomic E-state index is 0.0571. The van der Waals surface area contributed by atoms with Gasteiger partial charge in [-0.15, -0.1) is 0 Å². The minimum atomic E-state index is -0.978. The largest absolute Gasteiger partial charge is 0.371 e. The average Bonchev–Trinajstić information content (AvgIpc) is 3.87. The fourth-order valence-electron chi connectivity index (χ4n) is 9.30. The molecule has 1 spiro atoms. The van der Waals surface area contributed by atoms with Gasteiger partial charge in [-0.1, -0.05) is 23.7 Å². The first kappa shape index (κ1) is 35.3. The van der Waals surface area contributed by atoms with Crippen molar-refractivity contribution in [2.24, 2.45) is 5.41 Å². The highest BCUT2D eigenvalue weighted by Crippen LogP contribution is 2.43. The number of imide groups is 2. The Morgan fingerprint density at radius 3 is 2.27 bits per heavy atom. The van der Waals surface area contributed by atoms with Crippen molar-refractivity contribution in [1.29, 1.82) is 0 Å². The number of halogens is 1. The van der Waals surface area contributed by atoms with E-state index in [4.69, 9.17) is 18.2 Å². The number of amides is 5. The van der Waals surface area contributed by atoms with E-state index in [-0.39, 0.29) is 29.7 Å². The van der Waals surface area contributed by atoms with Gasteiger partial charge in [0.05, 0.1) is 17.7 Å². The van der Waals surface area contributed by atoms with Crippen molar-refractivity contribution in [2.75, 3.05) is 80.1 Å². The summed E-state index contributed by atoms with van der Waals surface area (Å²) in [6.45, 7) is 15.6. The molecule has 5 amide bonds. The highest BCUT2D eigenvalue weighted by molar-refractivity contribution is 6.33. The van der Waals surface area contributed by atoms with Gasteiger partial charge < -0.3 is 19.6 Å². The molecule has 14 heteroatoms. The molecule has 3 aromatic carbocycles. The summed E-state index contributed by atoms with van der Waals surface area (Å²) >= 11 is 6.33. The van der Waals surface area contributed by atoms with Crippen molar-refractivity contribution in [2.45, 2.75) is 37.8 Å². The highest BCUT2D eigenvalue weighted by Gasteiger charge is 2.46. The van der Waals surface area contributed by atoms with Crippen LogP contribution < -0.4 is 20.0 Å². The van der Waals surface area contributed by atoms with Crippen molar-refractivity contribution in [1.82, 2.24) is 20.0 Å². The zero-order valence-corrected chi connectivity index (χ0v) is 31.1. The molecule has 3 aromatic rings. The van der Waals surface area contributed by atoms with Gasteiger partial charge in [0, 0.05) is 111 Å². The number of likely N-dealkylation sites (tertiary alicyclic amines) is 1. The molecular formula is C41H41ClN8O5. The molecule has 55 heavy (non-hydrogen) atoms. The second-order valence-electron chi connectivity index (χ2n) is 15.7. The van der Waals surface area contributed by atoms with E-state index < -0.39 is 29.7 Å². The lowest BCUT2D eigenvalue weighted by Gasteiger charge is -2.49. The lowest BCUT2D eigenvalue weighted by Crippen LogP contribution is -2.63. The number of nitrogens with zero attached hydrogens (tertiary/aromatic N) is 7. The second-order valence-corrected chi connectivity index (χ2v) is 16.1. The molecule has 2 atom stereocenters. The molecule has 0 bridgehead atoms. The Bertz CT molecular complexity index is 2180. The molecule has 13 nitrogen and oxygen atoms in total. The molecule has 1 N–H and O–H groups in total. The topological polar surface area (TPSA) is 121 Å². The Morgan fingerprint density at radius 2 is 1.51 bits per heavy atom. The van der Waals surface area contributed by atoms with Crippen LogP contribution in [-0.2, 0) is 9.59 Å². The van der Waals surface area contributed by atoms with E-state index >= 15 is 0 Å². The third kappa shape index (κ3) is 6.27. The first-order chi connectivity index (χ1) is 26.6. The van der Waals surface area contributed by atoms with E-state index in [2.05, 4.69) is 35.8 Å². The first-order valence-corrected chi connectivity index (χ1v) is 19.4.